The molecule has 8 heteroatoms. The Morgan fingerprint density at radius 1 is 0.923 bits per heavy atom. The monoisotopic (exact) mass is 368 g/mol. The van der Waals surface area contributed by atoms with Crippen molar-refractivity contribution in [2.75, 3.05) is 19.7 Å². The van der Waals surface area contributed by atoms with Crippen molar-refractivity contribution in [3.63, 3.8) is 0 Å². The molecule has 0 spiro atoms. The van der Waals surface area contributed by atoms with E-state index in [0.717, 1.165) is 12.8 Å². The third-order valence-electron chi connectivity index (χ3n) is 4.94. The number of carbonyl (C=O) groups is 4. The molecule has 0 N–H and O–H groups in total. The summed E-state index contributed by atoms with van der Waals surface area (Å²) in [5.74, 6) is -1.07. The van der Waals surface area contributed by atoms with E-state index in [1.165, 1.54) is 23.6 Å². The smallest absolute Gasteiger partial charge is 0.329 e. The summed E-state index contributed by atoms with van der Waals surface area (Å²) in [7, 11) is 0. The first-order chi connectivity index (χ1) is 12.3. The van der Waals surface area contributed by atoms with Crippen LogP contribution in [-0.4, -0.2) is 71.4 Å². The Morgan fingerprint density at radius 2 is 1.42 bits per heavy atom. The summed E-state index contributed by atoms with van der Waals surface area (Å²) in [4.78, 5) is 50.4. The maximum Gasteiger partial charge on any atom is 0.329 e. The third kappa shape index (κ3) is 4.95. The molecule has 0 bridgehead atoms. The van der Waals surface area contributed by atoms with E-state index < -0.39 is 30.1 Å². The molecule has 2 rings (SSSR count). The van der Waals surface area contributed by atoms with Gasteiger partial charge in [0.2, 0.25) is 11.8 Å². The molecule has 3 unspecified atom stereocenters. The number of nitrogens with zero attached hydrogens (tertiary/aromatic N) is 2. The fraction of sp³-hybridized carbons (Fsp3) is 0.778. The zero-order chi connectivity index (χ0) is 19.3. The first-order valence-corrected chi connectivity index (χ1v) is 9.22. The molecular formula is C18H28N2O6. The van der Waals surface area contributed by atoms with Crippen molar-refractivity contribution < 1.29 is 28.7 Å². The number of rotatable bonds is 6. The third-order valence-corrected chi connectivity index (χ3v) is 4.94. The molecule has 2 aliphatic heterocycles. The zero-order valence-corrected chi connectivity index (χ0v) is 15.7. The van der Waals surface area contributed by atoms with Crippen LogP contribution in [0.4, 0.5) is 0 Å². The molecule has 0 aromatic carbocycles. The van der Waals surface area contributed by atoms with E-state index in [-0.39, 0.29) is 18.4 Å². The van der Waals surface area contributed by atoms with Crippen LogP contribution in [0.5, 0.6) is 0 Å². The highest BCUT2D eigenvalue weighted by Gasteiger charge is 2.35. The van der Waals surface area contributed by atoms with Gasteiger partial charge >= 0.3 is 11.9 Å². The summed E-state index contributed by atoms with van der Waals surface area (Å²) in [6, 6.07) is -1.02. The van der Waals surface area contributed by atoms with Gasteiger partial charge in [-0.2, -0.15) is 0 Å². The molecule has 3 atom stereocenters. The second-order valence-corrected chi connectivity index (χ2v) is 6.94. The molecule has 2 fully saturated rings. The average molecular weight is 368 g/mol. The summed E-state index contributed by atoms with van der Waals surface area (Å²) >= 11 is 0. The van der Waals surface area contributed by atoms with Gasteiger partial charge < -0.3 is 19.3 Å². The van der Waals surface area contributed by atoms with Gasteiger partial charge in [0.1, 0.15) is 18.2 Å². The Bertz CT molecular complexity index is 564. The number of hydrogen-bond acceptors (Lipinski definition) is 6. The highest BCUT2D eigenvalue weighted by atomic mass is 16.6. The lowest BCUT2D eigenvalue weighted by Gasteiger charge is -2.24. The molecule has 2 amide bonds. The molecule has 26 heavy (non-hydrogen) atoms. The Hall–Kier alpha value is -2.12. The highest BCUT2D eigenvalue weighted by Crippen LogP contribution is 2.20. The van der Waals surface area contributed by atoms with E-state index in [1.807, 2.05) is 0 Å². The zero-order valence-electron chi connectivity index (χ0n) is 15.7. The summed E-state index contributed by atoms with van der Waals surface area (Å²) in [6.07, 6.45) is 2.77. The van der Waals surface area contributed by atoms with Crippen molar-refractivity contribution in [2.24, 2.45) is 0 Å². The summed E-state index contributed by atoms with van der Waals surface area (Å²) in [5, 5.41) is 0. The molecule has 146 valence electrons. The van der Waals surface area contributed by atoms with Gasteiger partial charge in [0.25, 0.3) is 0 Å². The molecule has 2 heterocycles. The van der Waals surface area contributed by atoms with Gasteiger partial charge in [-0.3, -0.25) is 9.59 Å². The van der Waals surface area contributed by atoms with Gasteiger partial charge in [-0.05, 0) is 32.6 Å². The van der Waals surface area contributed by atoms with Crippen LogP contribution < -0.4 is 0 Å². The Kier molecular flexibility index (Phi) is 6.99. The Morgan fingerprint density at radius 3 is 1.92 bits per heavy atom. The van der Waals surface area contributed by atoms with E-state index in [0.29, 0.717) is 32.4 Å². The Labute approximate surface area is 153 Å². The molecule has 0 aliphatic carbocycles. The van der Waals surface area contributed by atoms with Crippen LogP contribution >= 0.6 is 0 Å². The highest BCUT2D eigenvalue weighted by molar-refractivity contribution is 5.84. The lowest BCUT2D eigenvalue weighted by atomic mass is 10.2. The van der Waals surface area contributed by atoms with Crippen LogP contribution in [-0.2, 0) is 28.7 Å². The van der Waals surface area contributed by atoms with E-state index >= 15 is 0 Å². The van der Waals surface area contributed by atoms with E-state index in [2.05, 4.69) is 0 Å². The summed E-state index contributed by atoms with van der Waals surface area (Å²) in [5.41, 5.74) is 0. The van der Waals surface area contributed by atoms with E-state index in [9.17, 15) is 19.2 Å². The van der Waals surface area contributed by atoms with Crippen LogP contribution in [0.2, 0.25) is 0 Å². The van der Waals surface area contributed by atoms with Crippen molar-refractivity contribution in [2.45, 2.75) is 71.1 Å². The largest absolute Gasteiger partial charge is 0.464 e. The predicted octanol–water partition coefficient (Wildman–Crippen LogP) is 0.873. The fourth-order valence-electron chi connectivity index (χ4n) is 3.53. The molecule has 2 saturated heterocycles. The number of likely N-dealkylation sites (tertiary alicyclic amines) is 2. The minimum Gasteiger partial charge on any atom is -0.464 e. The maximum atomic E-state index is 12.2. The number of amides is 2. The molecule has 0 aromatic heterocycles. The van der Waals surface area contributed by atoms with Gasteiger partial charge in [-0.15, -0.1) is 0 Å². The van der Waals surface area contributed by atoms with Crippen LogP contribution in [0.25, 0.3) is 0 Å². The van der Waals surface area contributed by atoms with Crippen LogP contribution in [0.1, 0.15) is 52.9 Å². The van der Waals surface area contributed by atoms with Crippen molar-refractivity contribution >= 4 is 23.8 Å². The maximum absolute atomic E-state index is 12.2. The summed E-state index contributed by atoms with van der Waals surface area (Å²) in [6.45, 7) is 5.90. The van der Waals surface area contributed by atoms with Crippen molar-refractivity contribution in [1.82, 2.24) is 9.80 Å². The van der Waals surface area contributed by atoms with E-state index in [1.54, 1.807) is 6.92 Å². The van der Waals surface area contributed by atoms with Crippen molar-refractivity contribution in [3.8, 4) is 0 Å². The second kappa shape index (κ2) is 9.00. The topological polar surface area (TPSA) is 93.2 Å². The molecular weight excluding hydrogens is 340 g/mol. The number of esters is 2. The lowest BCUT2D eigenvalue weighted by molar-refractivity contribution is -0.159. The van der Waals surface area contributed by atoms with Gasteiger partial charge in [-0.25, -0.2) is 9.59 Å². The van der Waals surface area contributed by atoms with Crippen LogP contribution in [0.15, 0.2) is 0 Å². The van der Waals surface area contributed by atoms with Gasteiger partial charge in [0, 0.05) is 33.4 Å². The first-order valence-electron chi connectivity index (χ1n) is 9.22. The SMILES string of the molecule is CC(=O)N1CCCC1C(=O)OCCC(C)OC(=O)C1CCCN1C(C)=O. The van der Waals surface area contributed by atoms with Gasteiger partial charge in [-0.1, -0.05) is 0 Å². The predicted molar refractivity (Wildman–Crippen MR) is 91.9 cm³/mol. The molecule has 0 aromatic rings. The molecule has 0 radical (unpaired) electrons. The van der Waals surface area contributed by atoms with Gasteiger partial charge in [0.05, 0.1) is 6.61 Å². The van der Waals surface area contributed by atoms with Crippen molar-refractivity contribution in [1.29, 1.82) is 0 Å². The standard InChI is InChI=1S/C18H28N2O6/c1-12(26-18(24)16-7-5-10-20(16)14(3)22)8-11-25-17(23)15-6-4-9-19(15)13(2)21/h12,15-16H,4-11H2,1-3H3. The normalized spacial score (nSPS) is 23.7. The number of hydrogen-bond donors (Lipinski definition) is 0. The van der Waals surface area contributed by atoms with Crippen molar-refractivity contribution in [3.05, 3.63) is 0 Å². The van der Waals surface area contributed by atoms with Gasteiger partial charge in [0.15, 0.2) is 0 Å². The number of carbonyl (C=O) groups excluding carboxylic acids is 4. The molecule has 0 saturated carbocycles. The van der Waals surface area contributed by atoms with E-state index in [4.69, 9.17) is 9.47 Å². The summed E-state index contributed by atoms with van der Waals surface area (Å²) < 4.78 is 10.6. The molecule has 8 nitrogen and oxygen atoms in total. The number of ether oxygens (including phenoxy) is 2. The molecule has 2 aliphatic rings. The second-order valence-electron chi connectivity index (χ2n) is 6.94. The fourth-order valence-corrected chi connectivity index (χ4v) is 3.53. The lowest BCUT2D eigenvalue weighted by Crippen LogP contribution is -2.41. The minimum atomic E-state index is -0.514. The first kappa shape index (κ1) is 20.2. The average Bonchev–Trinajstić information content (AvgIpc) is 3.23. The van der Waals surface area contributed by atoms with Crippen LogP contribution in [0.3, 0.4) is 0 Å². The minimum absolute atomic E-state index is 0.122. The quantitative estimate of drug-likeness (QED) is 0.646. The Balaban J connectivity index is 1.72. The van der Waals surface area contributed by atoms with Crippen LogP contribution in [0, 0.1) is 0 Å².